The molecule has 1 fully saturated rings. The second-order valence-corrected chi connectivity index (χ2v) is 5.55. The fraction of sp³-hybridized carbons (Fsp3) is 0.500. The topological polar surface area (TPSA) is 84.2 Å². The van der Waals surface area contributed by atoms with Gasteiger partial charge in [0, 0.05) is 29.8 Å². The molecule has 0 bridgehead atoms. The van der Waals surface area contributed by atoms with Gasteiger partial charge in [0.1, 0.15) is 0 Å². The van der Waals surface area contributed by atoms with E-state index >= 15 is 0 Å². The van der Waals surface area contributed by atoms with E-state index in [0.717, 1.165) is 25.7 Å². The van der Waals surface area contributed by atoms with Crippen LogP contribution in [0.3, 0.4) is 0 Å². The summed E-state index contributed by atoms with van der Waals surface area (Å²) in [5, 5.41) is 5.64. The molecule has 1 aromatic rings. The zero-order chi connectivity index (χ0) is 15.2. The van der Waals surface area contributed by atoms with Crippen LogP contribution in [0, 0.1) is 5.92 Å². The Morgan fingerprint density at radius 3 is 2.50 bits per heavy atom. The van der Waals surface area contributed by atoms with Crippen LogP contribution in [0.1, 0.15) is 43.0 Å². The number of anilines is 1. The first kappa shape index (κ1) is 18.5. The van der Waals surface area contributed by atoms with Crippen molar-refractivity contribution in [2.75, 3.05) is 11.9 Å². The van der Waals surface area contributed by atoms with Crippen LogP contribution in [0.5, 0.6) is 0 Å². The van der Waals surface area contributed by atoms with E-state index in [1.165, 1.54) is 0 Å². The Morgan fingerprint density at radius 2 is 1.91 bits per heavy atom. The summed E-state index contributed by atoms with van der Waals surface area (Å²) >= 11 is 0. The fourth-order valence-electron chi connectivity index (χ4n) is 2.68. The van der Waals surface area contributed by atoms with Gasteiger partial charge in [-0.25, -0.2) is 0 Å². The minimum atomic E-state index is -0.103. The number of hydrogen-bond donors (Lipinski definition) is 3. The molecular weight excluding hydrogens is 302 g/mol. The van der Waals surface area contributed by atoms with Gasteiger partial charge in [0.25, 0.3) is 5.91 Å². The summed E-state index contributed by atoms with van der Waals surface area (Å²) in [6.07, 6.45) is 3.67. The third-order valence-electron chi connectivity index (χ3n) is 3.84. The highest BCUT2D eigenvalue weighted by Gasteiger charge is 2.25. The van der Waals surface area contributed by atoms with Crippen molar-refractivity contribution in [2.24, 2.45) is 11.7 Å². The highest BCUT2D eigenvalue weighted by atomic mass is 35.5. The van der Waals surface area contributed by atoms with Crippen molar-refractivity contribution in [3.63, 3.8) is 0 Å². The molecule has 1 aromatic carbocycles. The third-order valence-corrected chi connectivity index (χ3v) is 3.84. The van der Waals surface area contributed by atoms with Crippen molar-refractivity contribution >= 4 is 29.9 Å². The maximum atomic E-state index is 12.2. The lowest BCUT2D eigenvalue weighted by Crippen LogP contribution is -2.34. The van der Waals surface area contributed by atoms with E-state index in [-0.39, 0.29) is 36.2 Å². The van der Waals surface area contributed by atoms with Crippen LogP contribution in [-0.2, 0) is 4.79 Å². The first-order valence-corrected chi connectivity index (χ1v) is 7.55. The number of hydrogen-bond acceptors (Lipinski definition) is 3. The fourth-order valence-corrected chi connectivity index (χ4v) is 2.68. The van der Waals surface area contributed by atoms with Crippen LogP contribution in [0.25, 0.3) is 0 Å². The van der Waals surface area contributed by atoms with Gasteiger partial charge in [-0.05, 0) is 50.5 Å². The van der Waals surface area contributed by atoms with Crippen molar-refractivity contribution in [2.45, 2.75) is 38.6 Å². The Bertz CT molecular complexity index is 505. The monoisotopic (exact) mass is 325 g/mol. The predicted molar refractivity (Wildman–Crippen MR) is 90.3 cm³/mol. The highest BCUT2D eigenvalue weighted by molar-refractivity contribution is 5.96. The predicted octanol–water partition coefficient (Wildman–Crippen LogP) is 2.31. The van der Waals surface area contributed by atoms with Gasteiger partial charge in [-0.1, -0.05) is 6.42 Å². The quantitative estimate of drug-likeness (QED) is 0.794. The molecule has 2 atom stereocenters. The molecule has 2 unspecified atom stereocenters. The largest absolute Gasteiger partial charge is 0.352 e. The average molecular weight is 326 g/mol. The van der Waals surface area contributed by atoms with Crippen LogP contribution in [0.15, 0.2) is 24.3 Å². The number of carbonyl (C=O) groups is 2. The van der Waals surface area contributed by atoms with Crippen LogP contribution < -0.4 is 16.4 Å². The van der Waals surface area contributed by atoms with E-state index < -0.39 is 0 Å². The average Bonchev–Trinajstić information content (AvgIpc) is 2.48. The van der Waals surface area contributed by atoms with Gasteiger partial charge in [0.2, 0.25) is 5.91 Å². The number of carbonyl (C=O) groups excluding carboxylic acids is 2. The molecule has 0 spiro atoms. The van der Waals surface area contributed by atoms with Gasteiger partial charge < -0.3 is 16.4 Å². The zero-order valence-electron chi connectivity index (χ0n) is 12.8. The standard InChI is InChI=1S/C16H23N3O2.ClH/c1-2-18-15(20)11-6-8-14(9-7-11)19-16(21)12-4-3-5-13(17)10-12;/h6-9,12-13H,2-5,10,17H2,1H3,(H,18,20)(H,19,21);1H. The molecule has 0 aliphatic heterocycles. The van der Waals surface area contributed by atoms with E-state index in [1.54, 1.807) is 24.3 Å². The van der Waals surface area contributed by atoms with Crippen molar-refractivity contribution in [3.8, 4) is 0 Å². The number of nitrogens with two attached hydrogens (primary N) is 1. The van der Waals surface area contributed by atoms with Crippen LogP contribution >= 0.6 is 12.4 Å². The molecular formula is C16H24ClN3O2. The minimum Gasteiger partial charge on any atom is -0.352 e. The van der Waals surface area contributed by atoms with E-state index in [0.29, 0.717) is 17.8 Å². The Morgan fingerprint density at radius 1 is 1.23 bits per heavy atom. The molecule has 0 saturated heterocycles. The molecule has 6 heteroatoms. The molecule has 1 saturated carbocycles. The van der Waals surface area contributed by atoms with E-state index in [4.69, 9.17) is 5.73 Å². The SMILES string of the molecule is CCNC(=O)c1ccc(NC(=O)C2CCCC(N)C2)cc1.Cl. The minimum absolute atomic E-state index is 0. The first-order chi connectivity index (χ1) is 10.1. The molecule has 2 amide bonds. The Hall–Kier alpha value is -1.59. The van der Waals surface area contributed by atoms with E-state index in [9.17, 15) is 9.59 Å². The highest BCUT2D eigenvalue weighted by Crippen LogP contribution is 2.24. The molecule has 22 heavy (non-hydrogen) atoms. The summed E-state index contributed by atoms with van der Waals surface area (Å²) < 4.78 is 0. The van der Waals surface area contributed by atoms with E-state index in [1.807, 2.05) is 6.92 Å². The normalized spacial score (nSPS) is 20.6. The van der Waals surface area contributed by atoms with E-state index in [2.05, 4.69) is 10.6 Å². The Kier molecular flexibility index (Phi) is 7.35. The molecule has 1 aliphatic rings. The van der Waals surface area contributed by atoms with Gasteiger partial charge >= 0.3 is 0 Å². The molecule has 0 radical (unpaired) electrons. The number of amides is 2. The molecule has 122 valence electrons. The molecule has 1 aliphatic carbocycles. The molecule has 5 nitrogen and oxygen atoms in total. The van der Waals surface area contributed by atoms with Gasteiger partial charge in [-0.3, -0.25) is 9.59 Å². The van der Waals surface area contributed by atoms with Gasteiger partial charge in [0.05, 0.1) is 0 Å². The molecule has 0 aromatic heterocycles. The molecule has 0 heterocycles. The number of halogens is 1. The molecule has 4 N–H and O–H groups in total. The van der Waals surface area contributed by atoms with Gasteiger partial charge in [0.15, 0.2) is 0 Å². The lowest BCUT2D eigenvalue weighted by atomic mass is 9.85. The van der Waals surface area contributed by atoms with Crippen LogP contribution in [0.4, 0.5) is 5.69 Å². The second kappa shape index (κ2) is 8.76. The first-order valence-electron chi connectivity index (χ1n) is 7.55. The van der Waals surface area contributed by atoms with Crippen molar-refractivity contribution in [3.05, 3.63) is 29.8 Å². The lowest BCUT2D eigenvalue weighted by molar-refractivity contribution is -0.120. The smallest absolute Gasteiger partial charge is 0.251 e. The van der Waals surface area contributed by atoms with Crippen LogP contribution in [0.2, 0.25) is 0 Å². The Balaban J connectivity index is 0.00000242. The van der Waals surface area contributed by atoms with Crippen molar-refractivity contribution in [1.29, 1.82) is 0 Å². The summed E-state index contributed by atoms with van der Waals surface area (Å²) in [5.74, 6) is -0.0821. The zero-order valence-corrected chi connectivity index (χ0v) is 13.6. The number of rotatable bonds is 4. The summed E-state index contributed by atoms with van der Waals surface area (Å²) in [6.45, 7) is 2.47. The lowest BCUT2D eigenvalue weighted by Gasteiger charge is -2.25. The maximum Gasteiger partial charge on any atom is 0.251 e. The second-order valence-electron chi connectivity index (χ2n) is 5.55. The third kappa shape index (κ3) is 5.00. The van der Waals surface area contributed by atoms with Crippen molar-refractivity contribution in [1.82, 2.24) is 5.32 Å². The molecule has 2 rings (SSSR count). The van der Waals surface area contributed by atoms with Gasteiger partial charge in [-0.15, -0.1) is 12.4 Å². The maximum absolute atomic E-state index is 12.2. The summed E-state index contributed by atoms with van der Waals surface area (Å²) in [7, 11) is 0. The number of benzene rings is 1. The Labute approximate surface area is 137 Å². The summed E-state index contributed by atoms with van der Waals surface area (Å²) in [6, 6.07) is 7.08. The van der Waals surface area contributed by atoms with Gasteiger partial charge in [-0.2, -0.15) is 0 Å². The number of nitrogens with one attached hydrogen (secondary N) is 2. The summed E-state index contributed by atoms with van der Waals surface area (Å²) in [4.78, 5) is 23.8. The van der Waals surface area contributed by atoms with Crippen LogP contribution in [-0.4, -0.2) is 24.4 Å². The summed E-state index contributed by atoms with van der Waals surface area (Å²) in [5.41, 5.74) is 7.22. The van der Waals surface area contributed by atoms with Crippen molar-refractivity contribution < 1.29 is 9.59 Å².